The van der Waals surface area contributed by atoms with Gasteiger partial charge in [0.15, 0.2) is 0 Å². The summed E-state index contributed by atoms with van der Waals surface area (Å²) in [6.07, 6.45) is 6.11. The van der Waals surface area contributed by atoms with Crippen LogP contribution >= 0.6 is 0 Å². The van der Waals surface area contributed by atoms with E-state index in [2.05, 4.69) is 33.9 Å². The van der Waals surface area contributed by atoms with E-state index in [1.165, 1.54) is 5.56 Å². The van der Waals surface area contributed by atoms with Crippen LogP contribution in [0.3, 0.4) is 0 Å². The van der Waals surface area contributed by atoms with Crippen molar-refractivity contribution >= 4 is 22.0 Å². The molecule has 0 aliphatic carbocycles. The van der Waals surface area contributed by atoms with Crippen LogP contribution in [0.2, 0.25) is 0 Å². The normalized spacial score (nSPS) is 15.3. The van der Waals surface area contributed by atoms with Crippen molar-refractivity contribution in [3.05, 3.63) is 71.8 Å². The molecular formula is C25H33N3O3S. The maximum Gasteiger partial charge on any atom is 0.240 e. The van der Waals surface area contributed by atoms with E-state index in [1.54, 1.807) is 24.3 Å². The van der Waals surface area contributed by atoms with Crippen LogP contribution in [-0.2, 0) is 21.2 Å². The number of hydrogen-bond donors (Lipinski definition) is 1. The zero-order chi connectivity index (χ0) is 22.8. The lowest BCUT2D eigenvalue weighted by atomic mass is 10.1. The zero-order valence-electron chi connectivity index (χ0n) is 18.7. The number of nitrogens with one attached hydrogen (secondary N) is 1. The highest BCUT2D eigenvalue weighted by Gasteiger charge is 2.20. The summed E-state index contributed by atoms with van der Waals surface area (Å²) in [7, 11) is -3.45. The summed E-state index contributed by atoms with van der Waals surface area (Å²) < 4.78 is 26.9. The van der Waals surface area contributed by atoms with Crippen LogP contribution in [0.4, 0.5) is 0 Å². The molecule has 0 spiro atoms. The fourth-order valence-corrected chi connectivity index (χ4v) is 4.78. The summed E-state index contributed by atoms with van der Waals surface area (Å²) in [6.45, 7) is 6.49. The third kappa shape index (κ3) is 7.29. The van der Waals surface area contributed by atoms with E-state index >= 15 is 0 Å². The van der Waals surface area contributed by atoms with Crippen molar-refractivity contribution in [2.75, 3.05) is 39.3 Å². The van der Waals surface area contributed by atoms with Crippen molar-refractivity contribution in [3.63, 3.8) is 0 Å². The Morgan fingerprint density at radius 1 is 1.00 bits per heavy atom. The second kappa shape index (κ2) is 11.9. The van der Waals surface area contributed by atoms with Crippen LogP contribution in [0.1, 0.15) is 30.9 Å². The Morgan fingerprint density at radius 2 is 1.69 bits per heavy atom. The van der Waals surface area contributed by atoms with Crippen LogP contribution in [0.25, 0.3) is 6.08 Å². The molecule has 0 radical (unpaired) electrons. The number of carbonyl (C=O) groups is 1. The summed E-state index contributed by atoms with van der Waals surface area (Å²) in [5, 5.41) is 0. The fraction of sp³-hybridized carbons (Fsp3) is 0.400. The molecule has 1 aliphatic heterocycles. The zero-order valence-corrected chi connectivity index (χ0v) is 19.6. The van der Waals surface area contributed by atoms with Crippen molar-refractivity contribution in [1.82, 2.24) is 14.5 Å². The van der Waals surface area contributed by atoms with Gasteiger partial charge in [-0.1, -0.05) is 61.5 Å². The lowest BCUT2D eigenvalue weighted by Crippen LogP contribution is -2.48. The maximum atomic E-state index is 12.6. The highest BCUT2D eigenvalue weighted by molar-refractivity contribution is 7.89. The molecule has 172 valence electrons. The SMILES string of the molecule is CCCNS(=O)(=O)c1ccc(CCC(=O)N2CCN(C/C=C/c3ccccc3)CC2)cc1. The summed E-state index contributed by atoms with van der Waals surface area (Å²) in [6, 6.07) is 17.1. The van der Waals surface area contributed by atoms with Crippen LogP contribution in [-0.4, -0.2) is 63.4 Å². The average Bonchev–Trinajstić information content (AvgIpc) is 2.82. The largest absolute Gasteiger partial charge is 0.340 e. The summed E-state index contributed by atoms with van der Waals surface area (Å²) in [5.74, 6) is 0.158. The molecule has 32 heavy (non-hydrogen) atoms. The number of nitrogens with zero attached hydrogens (tertiary/aromatic N) is 2. The molecule has 1 N–H and O–H groups in total. The van der Waals surface area contributed by atoms with E-state index < -0.39 is 10.0 Å². The topological polar surface area (TPSA) is 69.7 Å². The minimum Gasteiger partial charge on any atom is -0.340 e. The Hall–Kier alpha value is -2.48. The van der Waals surface area contributed by atoms with E-state index in [-0.39, 0.29) is 10.8 Å². The Labute approximate surface area is 192 Å². The highest BCUT2D eigenvalue weighted by Crippen LogP contribution is 2.13. The lowest BCUT2D eigenvalue weighted by molar-refractivity contribution is -0.132. The van der Waals surface area contributed by atoms with Crippen LogP contribution in [0, 0.1) is 0 Å². The molecule has 7 heteroatoms. The van der Waals surface area contributed by atoms with Crippen LogP contribution in [0.15, 0.2) is 65.6 Å². The molecule has 1 amide bonds. The molecule has 0 unspecified atom stereocenters. The summed E-state index contributed by atoms with van der Waals surface area (Å²) in [4.78, 5) is 17.2. The molecular weight excluding hydrogens is 422 g/mol. The maximum absolute atomic E-state index is 12.6. The number of benzene rings is 2. The van der Waals surface area contributed by atoms with Gasteiger partial charge in [-0.25, -0.2) is 13.1 Å². The second-order valence-corrected chi connectivity index (χ2v) is 9.80. The molecule has 1 aliphatic rings. The number of amides is 1. The third-order valence-corrected chi connectivity index (χ3v) is 7.08. The first-order valence-corrected chi connectivity index (χ1v) is 12.8. The van der Waals surface area contributed by atoms with Crippen molar-refractivity contribution in [3.8, 4) is 0 Å². The smallest absolute Gasteiger partial charge is 0.240 e. The predicted octanol–water partition coefficient (Wildman–Crippen LogP) is 3.17. The van der Waals surface area contributed by atoms with Gasteiger partial charge in [-0.15, -0.1) is 0 Å². The molecule has 6 nitrogen and oxygen atoms in total. The highest BCUT2D eigenvalue weighted by atomic mass is 32.2. The summed E-state index contributed by atoms with van der Waals surface area (Å²) >= 11 is 0. The number of rotatable bonds is 10. The lowest BCUT2D eigenvalue weighted by Gasteiger charge is -2.34. The Morgan fingerprint density at radius 3 is 2.34 bits per heavy atom. The van der Waals surface area contributed by atoms with E-state index in [0.717, 1.165) is 44.7 Å². The van der Waals surface area contributed by atoms with Gasteiger partial charge >= 0.3 is 0 Å². The van der Waals surface area contributed by atoms with Gasteiger partial charge in [-0.05, 0) is 36.1 Å². The second-order valence-electron chi connectivity index (χ2n) is 8.04. The Balaban J connectivity index is 1.40. The fourth-order valence-electron chi connectivity index (χ4n) is 3.65. The Kier molecular flexibility index (Phi) is 9.02. The van der Waals surface area contributed by atoms with Gasteiger partial charge in [0.05, 0.1) is 4.90 Å². The van der Waals surface area contributed by atoms with Crippen LogP contribution < -0.4 is 4.72 Å². The molecule has 3 rings (SSSR count). The number of carbonyl (C=O) groups excluding carboxylic acids is 1. The molecule has 1 saturated heterocycles. The standard InChI is InChI=1S/C25H33N3O3S/c1-2-16-26-32(30,31)24-13-10-23(11-14-24)12-15-25(29)28-20-18-27(19-21-28)17-6-9-22-7-4-3-5-8-22/h3-11,13-14,26H,2,12,15-21H2,1H3/b9-6+. The molecule has 1 fully saturated rings. The van der Waals surface area contributed by atoms with Crippen molar-refractivity contribution in [2.45, 2.75) is 31.1 Å². The third-order valence-electron chi connectivity index (χ3n) is 5.60. The van der Waals surface area contributed by atoms with Gasteiger partial charge in [0, 0.05) is 45.7 Å². The van der Waals surface area contributed by atoms with E-state index in [4.69, 9.17) is 0 Å². The Bertz CT molecular complexity index is 981. The van der Waals surface area contributed by atoms with Gasteiger partial charge in [-0.3, -0.25) is 9.69 Å². The monoisotopic (exact) mass is 455 g/mol. The van der Waals surface area contributed by atoms with Gasteiger partial charge in [-0.2, -0.15) is 0 Å². The number of aryl methyl sites for hydroxylation is 1. The van der Waals surface area contributed by atoms with Crippen LogP contribution in [0.5, 0.6) is 0 Å². The minimum atomic E-state index is -3.45. The number of hydrogen-bond acceptors (Lipinski definition) is 4. The van der Waals surface area contributed by atoms with Crippen molar-refractivity contribution < 1.29 is 13.2 Å². The van der Waals surface area contributed by atoms with Crippen molar-refractivity contribution in [2.24, 2.45) is 0 Å². The quantitative estimate of drug-likeness (QED) is 0.598. The molecule has 0 atom stereocenters. The van der Waals surface area contributed by atoms with Gasteiger partial charge in [0.1, 0.15) is 0 Å². The average molecular weight is 456 g/mol. The molecule has 0 saturated carbocycles. The molecule has 0 bridgehead atoms. The van der Waals surface area contributed by atoms with Gasteiger partial charge < -0.3 is 4.90 Å². The van der Waals surface area contributed by atoms with E-state index in [9.17, 15) is 13.2 Å². The van der Waals surface area contributed by atoms with E-state index in [1.807, 2.05) is 30.0 Å². The number of piperazine rings is 1. The first-order chi connectivity index (χ1) is 15.5. The predicted molar refractivity (Wildman–Crippen MR) is 129 cm³/mol. The first-order valence-electron chi connectivity index (χ1n) is 11.3. The van der Waals surface area contributed by atoms with Gasteiger partial charge in [0.25, 0.3) is 0 Å². The molecule has 0 aromatic heterocycles. The van der Waals surface area contributed by atoms with Gasteiger partial charge in [0.2, 0.25) is 15.9 Å². The minimum absolute atomic E-state index is 0.158. The number of sulfonamides is 1. The summed E-state index contributed by atoms with van der Waals surface area (Å²) in [5.41, 5.74) is 2.17. The van der Waals surface area contributed by atoms with Crippen molar-refractivity contribution in [1.29, 1.82) is 0 Å². The first kappa shape index (κ1) is 24.2. The van der Waals surface area contributed by atoms with E-state index in [0.29, 0.717) is 19.4 Å². The molecule has 2 aromatic carbocycles. The molecule has 1 heterocycles. The molecule has 2 aromatic rings.